The smallest absolute Gasteiger partial charge is 0.460 e. The van der Waals surface area contributed by atoms with Crippen LogP contribution < -0.4 is 4.72 Å². The van der Waals surface area contributed by atoms with E-state index in [1.165, 1.54) is 6.92 Å². The van der Waals surface area contributed by atoms with Crippen molar-refractivity contribution in [3.8, 4) is 0 Å². The molecule has 0 atom stereocenters. The summed E-state index contributed by atoms with van der Waals surface area (Å²) in [6.07, 6.45) is -7.86. The van der Waals surface area contributed by atoms with Crippen LogP contribution in [0.3, 0.4) is 0 Å². The number of nitrogens with one attached hydrogen (secondary N) is 1. The molecule has 0 radical (unpaired) electrons. The number of hydrogen-bond donors (Lipinski definition) is 1. The fourth-order valence-corrected chi connectivity index (χ4v) is 2.83. The van der Waals surface area contributed by atoms with E-state index in [9.17, 15) is 87.8 Å². The number of alkyl halides is 17. The van der Waals surface area contributed by atoms with E-state index in [-0.39, 0.29) is 5.97 Å². The van der Waals surface area contributed by atoms with Crippen LogP contribution in [-0.2, 0) is 19.6 Å². The van der Waals surface area contributed by atoms with E-state index < -0.39 is 63.5 Å². The van der Waals surface area contributed by atoms with Gasteiger partial charge < -0.3 is 4.74 Å². The molecule has 1 N–H and O–H groups in total. The summed E-state index contributed by atoms with van der Waals surface area (Å²) in [6.45, 7) is 2.84. The lowest BCUT2D eigenvalue weighted by Crippen LogP contribution is -2.75. The second kappa shape index (κ2) is 10.8. The third-order valence-corrected chi connectivity index (χ3v) is 5.31. The van der Waals surface area contributed by atoms with Gasteiger partial charge >= 0.3 is 52.9 Å². The number of hydrogen-bond acceptors (Lipinski definition) is 4. The fourth-order valence-electron chi connectivity index (χ4n) is 1.80. The van der Waals surface area contributed by atoms with Crippen LogP contribution in [0.25, 0.3) is 0 Å². The van der Waals surface area contributed by atoms with Gasteiger partial charge in [0.05, 0.1) is 6.61 Å². The predicted molar refractivity (Wildman–Crippen MR) is 85.6 cm³/mol. The molecule has 0 saturated carbocycles. The van der Waals surface area contributed by atoms with Crippen LogP contribution in [0.1, 0.15) is 20.8 Å². The first-order valence-electron chi connectivity index (χ1n) is 8.67. The molecule has 0 aliphatic rings. The molecule has 0 aromatic rings. The van der Waals surface area contributed by atoms with Crippen LogP contribution in [0.15, 0.2) is 0 Å². The molecule has 0 unspecified atom stereocenters. The van der Waals surface area contributed by atoms with Crippen LogP contribution in [0.4, 0.5) is 74.6 Å². The van der Waals surface area contributed by atoms with Crippen LogP contribution in [-0.4, -0.2) is 74.5 Å². The lowest BCUT2D eigenvalue weighted by molar-refractivity contribution is -0.458. The monoisotopic (exact) mass is 615 g/mol. The average molecular weight is 615 g/mol. The Kier molecular flexibility index (Phi) is 10.8. The maximum absolute atomic E-state index is 13.4. The zero-order chi connectivity index (χ0) is 30.9. The molecule has 0 rings (SSSR count). The molecule has 5 nitrogen and oxygen atoms in total. The minimum absolute atomic E-state index is 0.211. The number of esters is 1. The van der Waals surface area contributed by atoms with Crippen molar-refractivity contribution in [2.24, 2.45) is 0 Å². The zero-order valence-corrected chi connectivity index (χ0v) is 18.7. The summed E-state index contributed by atoms with van der Waals surface area (Å²) < 4.78 is 246. The number of sulfonamides is 1. The van der Waals surface area contributed by atoms with Gasteiger partial charge in [-0.2, -0.15) is 74.6 Å². The summed E-state index contributed by atoms with van der Waals surface area (Å²) in [5, 5.41) is -7.50. The summed E-state index contributed by atoms with van der Waals surface area (Å²) in [5.41, 5.74) is 0. The fraction of sp³-hybridized carbons (Fsp3) is 0.929. The molecule has 0 heterocycles. The van der Waals surface area contributed by atoms with Gasteiger partial charge in [-0.15, -0.1) is 0 Å². The normalized spacial score (nSPS) is 15.1. The van der Waals surface area contributed by atoms with Crippen molar-refractivity contribution >= 4 is 16.0 Å². The molecule has 0 aromatic carbocycles. The molecule has 0 spiro atoms. The second-order valence-corrected chi connectivity index (χ2v) is 8.20. The highest BCUT2D eigenvalue weighted by atomic mass is 32.2. The van der Waals surface area contributed by atoms with E-state index in [4.69, 9.17) is 0 Å². The Morgan fingerprint density at radius 3 is 1.14 bits per heavy atom. The van der Waals surface area contributed by atoms with Gasteiger partial charge in [0.2, 0.25) is 0 Å². The van der Waals surface area contributed by atoms with E-state index in [1.54, 1.807) is 6.92 Å². The van der Waals surface area contributed by atoms with E-state index in [1.807, 2.05) is 0 Å². The molecular formula is C14H14F17NO4S. The molecule has 0 aliphatic carbocycles. The molecule has 224 valence electrons. The predicted octanol–water partition coefficient (Wildman–Crippen LogP) is 5.46. The Bertz CT molecular complexity index is 898. The number of carbonyl (C=O) groups is 1. The molecule has 0 aromatic heterocycles. The lowest BCUT2D eigenvalue weighted by Gasteiger charge is -2.42. The number of rotatable bonds is 10. The van der Waals surface area contributed by atoms with E-state index in [0.29, 0.717) is 18.3 Å². The van der Waals surface area contributed by atoms with Gasteiger partial charge in [-0.05, 0) is 6.92 Å². The third-order valence-electron chi connectivity index (χ3n) is 3.71. The van der Waals surface area contributed by atoms with Crippen molar-refractivity contribution in [2.75, 3.05) is 13.2 Å². The Labute approximate surface area is 195 Å². The Balaban J connectivity index is 0. The van der Waals surface area contributed by atoms with Gasteiger partial charge in [-0.25, -0.2) is 13.1 Å². The van der Waals surface area contributed by atoms with Crippen molar-refractivity contribution in [3.63, 3.8) is 0 Å². The first-order chi connectivity index (χ1) is 15.8. The Morgan fingerprint density at radius 2 is 0.919 bits per heavy atom. The SMILES string of the molecule is CCNS(=O)(=O)C(F)(F)C(F)(F)C(F)(F)C(F)(F)C(F)(F)C(F)(F)C(F)(F)C(F)(F)F.CCOC(C)=O. The van der Waals surface area contributed by atoms with Gasteiger partial charge in [0.1, 0.15) is 0 Å². The molecule has 0 saturated heterocycles. The summed E-state index contributed by atoms with van der Waals surface area (Å²) in [4.78, 5) is 9.82. The highest BCUT2D eigenvalue weighted by molar-refractivity contribution is 7.90. The largest absolute Gasteiger partial charge is 0.466 e. The average Bonchev–Trinajstić information content (AvgIpc) is 2.66. The lowest BCUT2D eigenvalue weighted by atomic mass is 9.91. The van der Waals surface area contributed by atoms with Crippen molar-refractivity contribution in [1.29, 1.82) is 0 Å². The van der Waals surface area contributed by atoms with Gasteiger partial charge in [0.15, 0.2) is 0 Å². The quantitative estimate of drug-likeness (QED) is 0.262. The van der Waals surface area contributed by atoms with Gasteiger partial charge in [-0.3, -0.25) is 4.79 Å². The third kappa shape index (κ3) is 5.95. The zero-order valence-electron chi connectivity index (χ0n) is 17.9. The highest BCUT2D eigenvalue weighted by Crippen LogP contribution is 2.64. The maximum Gasteiger partial charge on any atom is 0.460 e. The van der Waals surface area contributed by atoms with Crippen molar-refractivity contribution < 1.29 is 92.6 Å². The van der Waals surface area contributed by atoms with Gasteiger partial charge in [0, 0.05) is 13.5 Å². The number of ether oxygens (including phenoxy) is 1. The molecular weight excluding hydrogens is 601 g/mol. The second-order valence-electron chi connectivity index (χ2n) is 6.39. The Hall–Kier alpha value is -1.81. The van der Waals surface area contributed by atoms with Crippen LogP contribution in [0.2, 0.25) is 0 Å². The minimum Gasteiger partial charge on any atom is -0.466 e. The van der Waals surface area contributed by atoms with E-state index >= 15 is 0 Å². The molecule has 37 heavy (non-hydrogen) atoms. The molecule has 0 fully saturated rings. The summed E-state index contributed by atoms with van der Waals surface area (Å²) in [7, 11) is -7.15. The first-order valence-corrected chi connectivity index (χ1v) is 10.2. The summed E-state index contributed by atoms with van der Waals surface area (Å²) in [5.74, 6) is -51.7. The minimum atomic E-state index is -8.81. The number of carbonyl (C=O) groups excluding carboxylic acids is 1. The van der Waals surface area contributed by atoms with E-state index in [2.05, 4.69) is 4.74 Å². The van der Waals surface area contributed by atoms with E-state index in [0.717, 1.165) is 0 Å². The molecule has 0 bridgehead atoms. The van der Waals surface area contributed by atoms with Crippen LogP contribution in [0.5, 0.6) is 0 Å². The topological polar surface area (TPSA) is 72.5 Å². The highest BCUT2D eigenvalue weighted by Gasteiger charge is 2.96. The summed E-state index contributed by atoms with van der Waals surface area (Å²) >= 11 is 0. The van der Waals surface area contributed by atoms with Crippen LogP contribution in [0, 0.1) is 0 Å². The maximum atomic E-state index is 13.4. The van der Waals surface area contributed by atoms with Gasteiger partial charge in [-0.1, -0.05) is 6.92 Å². The number of halogens is 17. The first kappa shape index (κ1) is 37.3. The molecule has 0 aliphatic heterocycles. The van der Waals surface area contributed by atoms with Crippen molar-refractivity contribution in [2.45, 2.75) is 67.7 Å². The van der Waals surface area contributed by atoms with Gasteiger partial charge in [0.25, 0.3) is 10.0 Å². The Morgan fingerprint density at radius 1 is 0.622 bits per heavy atom. The standard InChI is InChI=1S/C10H6F17NO2S.C4H8O2/c1-2-28-31(29,30)10(26,27)8(21,22)6(17,18)4(13,14)3(11,12)5(15,16)7(19,20)9(23,24)25;1-3-6-4(2)5/h28H,2H2,1H3;3H2,1-2H3. The molecule has 0 amide bonds. The molecule has 23 heteroatoms. The van der Waals surface area contributed by atoms with Crippen molar-refractivity contribution in [3.05, 3.63) is 0 Å². The van der Waals surface area contributed by atoms with Crippen molar-refractivity contribution in [1.82, 2.24) is 4.72 Å². The van der Waals surface area contributed by atoms with Crippen LogP contribution >= 0.6 is 0 Å². The summed E-state index contributed by atoms with van der Waals surface area (Å²) in [6, 6.07) is 0.